The zero-order chi connectivity index (χ0) is 14.3. The second kappa shape index (κ2) is 7.92. The molecule has 1 aromatic carbocycles. The monoisotopic (exact) mass is 288 g/mol. The molecule has 116 valence electrons. The Morgan fingerprint density at radius 3 is 2.62 bits per heavy atom. The third-order valence-electron chi connectivity index (χ3n) is 4.49. The maximum absolute atomic E-state index is 5.93. The van der Waals surface area contributed by atoms with Crippen molar-refractivity contribution in [1.29, 1.82) is 0 Å². The lowest BCUT2D eigenvalue weighted by Crippen LogP contribution is -2.38. The van der Waals surface area contributed by atoms with Gasteiger partial charge >= 0.3 is 0 Å². The van der Waals surface area contributed by atoms with Crippen molar-refractivity contribution in [2.75, 3.05) is 19.6 Å². The zero-order valence-corrected chi connectivity index (χ0v) is 12.9. The Kier molecular flexibility index (Phi) is 5.67. The fourth-order valence-electron chi connectivity index (χ4n) is 2.88. The molecular weight excluding hydrogens is 260 g/mol. The Bertz CT molecular complexity index is 399. The minimum atomic E-state index is 0.480. The predicted octanol–water partition coefficient (Wildman–Crippen LogP) is 2.71. The van der Waals surface area contributed by atoms with Gasteiger partial charge in [-0.05, 0) is 63.2 Å². The maximum atomic E-state index is 5.93. The van der Waals surface area contributed by atoms with Crippen LogP contribution in [-0.4, -0.2) is 31.8 Å². The van der Waals surface area contributed by atoms with Crippen LogP contribution in [-0.2, 0) is 11.3 Å². The Morgan fingerprint density at radius 1 is 1.05 bits per heavy atom. The van der Waals surface area contributed by atoms with Crippen molar-refractivity contribution in [3.63, 3.8) is 0 Å². The van der Waals surface area contributed by atoms with Crippen molar-refractivity contribution < 1.29 is 4.74 Å². The number of hydrogen-bond donors (Lipinski definition) is 2. The first-order valence-electron chi connectivity index (χ1n) is 8.50. The van der Waals surface area contributed by atoms with Crippen molar-refractivity contribution >= 4 is 0 Å². The summed E-state index contributed by atoms with van der Waals surface area (Å²) >= 11 is 0. The molecule has 2 saturated carbocycles. The summed E-state index contributed by atoms with van der Waals surface area (Å²) in [6.45, 7) is 4.24. The summed E-state index contributed by atoms with van der Waals surface area (Å²) in [6.07, 6.45) is 6.95. The van der Waals surface area contributed by atoms with Crippen LogP contribution >= 0.6 is 0 Å². The Morgan fingerprint density at radius 2 is 1.86 bits per heavy atom. The van der Waals surface area contributed by atoms with Crippen LogP contribution in [0.25, 0.3) is 0 Å². The van der Waals surface area contributed by atoms with Gasteiger partial charge in [-0.15, -0.1) is 0 Å². The average molecular weight is 288 g/mol. The second-order valence-corrected chi connectivity index (χ2v) is 6.54. The second-order valence-electron chi connectivity index (χ2n) is 6.54. The lowest BCUT2D eigenvalue weighted by atomic mass is 9.82. The van der Waals surface area contributed by atoms with E-state index in [0.29, 0.717) is 6.10 Å². The van der Waals surface area contributed by atoms with E-state index in [9.17, 15) is 0 Å². The molecule has 0 saturated heterocycles. The number of rotatable bonds is 10. The standard InChI is InChI=1S/C18H28N2O/c1-2-5-15(6-3-1)14-21-18-11-16(12-18)13-19-9-4-10-20-17-7-8-17/h1-3,5-6,16-20H,4,7-14H2. The smallest absolute Gasteiger partial charge is 0.0720 e. The van der Waals surface area contributed by atoms with Crippen LogP contribution in [0, 0.1) is 5.92 Å². The summed E-state index contributed by atoms with van der Waals surface area (Å²) in [6, 6.07) is 11.3. The highest BCUT2D eigenvalue weighted by Gasteiger charge is 2.29. The molecule has 3 rings (SSSR count). The molecule has 1 aromatic rings. The molecule has 0 aromatic heterocycles. The molecule has 0 radical (unpaired) electrons. The van der Waals surface area contributed by atoms with Crippen molar-refractivity contribution in [2.45, 2.75) is 50.9 Å². The lowest BCUT2D eigenvalue weighted by Gasteiger charge is -2.35. The molecule has 3 nitrogen and oxygen atoms in total. The number of hydrogen-bond acceptors (Lipinski definition) is 3. The summed E-state index contributed by atoms with van der Waals surface area (Å²) in [5.74, 6) is 0.821. The lowest BCUT2D eigenvalue weighted by molar-refractivity contribution is -0.0394. The van der Waals surface area contributed by atoms with Crippen LogP contribution in [0.15, 0.2) is 30.3 Å². The fourth-order valence-corrected chi connectivity index (χ4v) is 2.88. The van der Waals surface area contributed by atoms with E-state index in [1.807, 2.05) is 0 Å². The highest BCUT2D eigenvalue weighted by molar-refractivity contribution is 5.13. The molecule has 0 spiro atoms. The zero-order valence-electron chi connectivity index (χ0n) is 12.9. The van der Waals surface area contributed by atoms with Crippen molar-refractivity contribution in [3.8, 4) is 0 Å². The first-order chi connectivity index (χ1) is 10.4. The van der Waals surface area contributed by atoms with E-state index in [4.69, 9.17) is 4.74 Å². The molecule has 3 heteroatoms. The van der Waals surface area contributed by atoms with E-state index >= 15 is 0 Å². The van der Waals surface area contributed by atoms with Crippen molar-refractivity contribution in [3.05, 3.63) is 35.9 Å². The van der Waals surface area contributed by atoms with Gasteiger partial charge in [-0.2, -0.15) is 0 Å². The molecule has 2 aliphatic carbocycles. The number of ether oxygens (including phenoxy) is 1. The van der Waals surface area contributed by atoms with Crippen LogP contribution in [0.3, 0.4) is 0 Å². The van der Waals surface area contributed by atoms with E-state index in [2.05, 4.69) is 41.0 Å². The van der Waals surface area contributed by atoms with E-state index in [0.717, 1.165) is 31.7 Å². The van der Waals surface area contributed by atoms with E-state index < -0.39 is 0 Å². The topological polar surface area (TPSA) is 33.3 Å². The molecule has 0 heterocycles. The molecular formula is C18H28N2O. The Balaban J connectivity index is 1.15. The first-order valence-corrected chi connectivity index (χ1v) is 8.50. The molecule has 2 fully saturated rings. The van der Waals surface area contributed by atoms with Crippen LogP contribution in [0.5, 0.6) is 0 Å². The molecule has 21 heavy (non-hydrogen) atoms. The maximum Gasteiger partial charge on any atom is 0.0720 e. The average Bonchev–Trinajstić information content (AvgIpc) is 3.29. The molecule has 0 amide bonds. The summed E-state index contributed by atoms with van der Waals surface area (Å²) in [5, 5.41) is 7.13. The van der Waals surface area contributed by atoms with Gasteiger partial charge in [-0.1, -0.05) is 30.3 Å². The highest BCUT2D eigenvalue weighted by atomic mass is 16.5. The summed E-state index contributed by atoms with van der Waals surface area (Å²) in [5.41, 5.74) is 1.28. The van der Waals surface area contributed by atoms with Crippen LogP contribution in [0.4, 0.5) is 0 Å². The van der Waals surface area contributed by atoms with Gasteiger partial charge in [0.25, 0.3) is 0 Å². The molecule has 2 N–H and O–H groups in total. The van der Waals surface area contributed by atoms with Gasteiger partial charge in [-0.25, -0.2) is 0 Å². The van der Waals surface area contributed by atoms with E-state index in [1.165, 1.54) is 44.2 Å². The minimum absolute atomic E-state index is 0.480. The first kappa shape index (κ1) is 15.0. The van der Waals surface area contributed by atoms with Gasteiger partial charge in [0.15, 0.2) is 0 Å². The van der Waals surface area contributed by atoms with Gasteiger partial charge in [0.2, 0.25) is 0 Å². The Hall–Kier alpha value is -0.900. The normalized spacial score (nSPS) is 24.8. The quantitative estimate of drug-likeness (QED) is 0.650. The molecule has 0 unspecified atom stereocenters. The van der Waals surface area contributed by atoms with Crippen molar-refractivity contribution in [1.82, 2.24) is 10.6 Å². The fraction of sp³-hybridized carbons (Fsp3) is 0.667. The number of nitrogens with one attached hydrogen (secondary N) is 2. The van der Waals surface area contributed by atoms with Crippen LogP contribution in [0.2, 0.25) is 0 Å². The predicted molar refractivity (Wildman–Crippen MR) is 86.3 cm³/mol. The summed E-state index contributed by atoms with van der Waals surface area (Å²) in [4.78, 5) is 0. The molecule has 2 aliphatic rings. The molecule has 0 atom stereocenters. The van der Waals surface area contributed by atoms with Gasteiger partial charge in [-0.3, -0.25) is 0 Å². The molecule has 0 aliphatic heterocycles. The van der Waals surface area contributed by atoms with Gasteiger partial charge in [0.05, 0.1) is 12.7 Å². The minimum Gasteiger partial charge on any atom is -0.374 e. The van der Waals surface area contributed by atoms with E-state index in [1.54, 1.807) is 0 Å². The third-order valence-corrected chi connectivity index (χ3v) is 4.49. The number of benzene rings is 1. The van der Waals surface area contributed by atoms with Gasteiger partial charge < -0.3 is 15.4 Å². The third kappa shape index (κ3) is 5.42. The van der Waals surface area contributed by atoms with Gasteiger partial charge in [0.1, 0.15) is 0 Å². The SMILES string of the molecule is c1ccc(COC2CC(CNCCCNC3CC3)C2)cc1. The largest absolute Gasteiger partial charge is 0.374 e. The highest BCUT2D eigenvalue weighted by Crippen LogP contribution is 2.30. The summed E-state index contributed by atoms with van der Waals surface area (Å²) in [7, 11) is 0. The van der Waals surface area contributed by atoms with Crippen LogP contribution < -0.4 is 10.6 Å². The molecule has 0 bridgehead atoms. The van der Waals surface area contributed by atoms with Crippen LogP contribution in [0.1, 0.15) is 37.7 Å². The van der Waals surface area contributed by atoms with Crippen molar-refractivity contribution in [2.24, 2.45) is 5.92 Å². The summed E-state index contributed by atoms with van der Waals surface area (Å²) < 4.78 is 5.93. The van der Waals surface area contributed by atoms with E-state index in [-0.39, 0.29) is 0 Å². The Labute approximate surface area is 128 Å². The van der Waals surface area contributed by atoms with Gasteiger partial charge in [0, 0.05) is 6.04 Å².